The summed E-state index contributed by atoms with van der Waals surface area (Å²) in [5.41, 5.74) is 1.30. The summed E-state index contributed by atoms with van der Waals surface area (Å²) in [5, 5.41) is 6.30. The molecule has 1 aliphatic heterocycles. The number of carbonyl (C=O) groups excluding carboxylic acids is 2. The SMILES string of the molecule is C=CCN(CC=C)C(=O)c1ccc(NC(=O)CC(C)C2CCNCC2)cc1.Cl. The Kier molecular flexibility index (Phi) is 10.6. The molecule has 0 aliphatic carbocycles. The normalized spacial score (nSPS) is 15.0. The minimum atomic E-state index is -0.0767. The number of benzene rings is 1. The molecule has 1 aliphatic rings. The van der Waals surface area contributed by atoms with E-state index in [2.05, 4.69) is 30.7 Å². The molecule has 1 saturated heterocycles. The summed E-state index contributed by atoms with van der Waals surface area (Å²) in [6.45, 7) is 12.6. The zero-order chi connectivity index (χ0) is 19.6. The van der Waals surface area contributed by atoms with Gasteiger partial charge in [-0.15, -0.1) is 25.6 Å². The van der Waals surface area contributed by atoms with Gasteiger partial charge in [0.2, 0.25) is 5.91 Å². The molecule has 1 fully saturated rings. The number of nitrogens with one attached hydrogen (secondary N) is 2. The topological polar surface area (TPSA) is 61.4 Å². The first-order chi connectivity index (χ1) is 13.0. The van der Waals surface area contributed by atoms with Gasteiger partial charge in [0.1, 0.15) is 0 Å². The summed E-state index contributed by atoms with van der Waals surface area (Å²) >= 11 is 0. The Morgan fingerprint density at radius 1 is 1.18 bits per heavy atom. The van der Waals surface area contributed by atoms with Crippen LogP contribution in [0.2, 0.25) is 0 Å². The second-order valence-corrected chi connectivity index (χ2v) is 7.18. The van der Waals surface area contributed by atoms with E-state index in [0.29, 0.717) is 42.6 Å². The van der Waals surface area contributed by atoms with Crippen LogP contribution in [-0.4, -0.2) is 42.9 Å². The molecule has 154 valence electrons. The smallest absolute Gasteiger partial charge is 0.254 e. The first-order valence-electron chi connectivity index (χ1n) is 9.66. The van der Waals surface area contributed by atoms with Crippen LogP contribution in [0.1, 0.15) is 36.5 Å². The Labute approximate surface area is 174 Å². The van der Waals surface area contributed by atoms with Crippen molar-refractivity contribution in [3.05, 3.63) is 55.1 Å². The third-order valence-corrected chi connectivity index (χ3v) is 5.10. The van der Waals surface area contributed by atoms with Crippen LogP contribution < -0.4 is 10.6 Å². The van der Waals surface area contributed by atoms with Gasteiger partial charge in [0.25, 0.3) is 5.91 Å². The van der Waals surface area contributed by atoms with E-state index in [0.717, 1.165) is 25.9 Å². The third kappa shape index (κ3) is 7.13. The molecule has 1 unspecified atom stereocenters. The van der Waals surface area contributed by atoms with Crippen molar-refractivity contribution >= 4 is 29.9 Å². The van der Waals surface area contributed by atoms with Crippen LogP contribution >= 0.6 is 12.4 Å². The van der Waals surface area contributed by atoms with Crippen molar-refractivity contribution in [1.29, 1.82) is 0 Å². The zero-order valence-electron chi connectivity index (χ0n) is 16.7. The van der Waals surface area contributed by atoms with Crippen LogP contribution in [0.5, 0.6) is 0 Å². The molecule has 1 atom stereocenters. The van der Waals surface area contributed by atoms with E-state index >= 15 is 0 Å². The maximum absolute atomic E-state index is 12.5. The van der Waals surface area contributed by atoms with Crippen LogP contribution in [0.15, 0.2) is 49.6 Å². The van der Waals surface area contributed by atoms with Crippen LogP contribution in [0.3, 0.4) is 0 Å². The number of halogens is 1. The van der Waals surface area contributed by atoms with Gasteiger partial charge in [-0.05, 0) is 62.0 Å². The second kappa shape index (κ2) is 12.4. The van der Waals surface area contributed by atoms with E-state index in [9.17, 15) is 9.59 Å². The highest BCUT2D eigenvalue weighted by atomic mass is 35.5. The summed E-state index contributed by atoms with van der Waals surface area (Å²) in [4.78, 5) is 26.5. The molecule has 0 bridgehead atoms. The molecule has 2 rings (SSSR count). The summed E-state index contributed by atoms with van der Waals surface area (Å²) in [7, 11) is 0. The van der Waals surface area contributed by atoms with Crippen molar-refractivity contribution in [2.75, 3.05) is 31.5 Å². The monoisotopic (exact) mass is 405 g/mol. The summed E-state index contributed by atoms with van der Waals surface area (Å²) in [5.74, 6) is 0.935. The van der Waals surface area contributed by atoms with Gasteiger partial charge in [-0.2, -0.15) is 0 Å². The van der Waals surface area contributed by atoms with Gasteiger partial charge >= 0.3 is 0 Å². The van der Waals surface area contributed by atoms with Crippen molar-refractivity contribution in [3.8, 4) is 0 Å². The van der Waals surface area contributed by atoms with Gasteiger partial charge < -0.3 is 15.5 Å². The maximum atomic E-state index is 12.5. The lowest BCUT2D eigenvalue weighted by Crippen LogP contribution is -2.32. The quantitative estimate of drug-likeness (QED) is 0.613. The average Bonchev–Trinajstić information content (AvgIpc) is 2.68. The van der Waals surface area contributed by atoms with E-state index < -0.39 is 0 Å². The molecule has 0 radical (unpaired) electrons. The Hall–Kier alpha value is -2.11. The molecule has 2 amide bonds. The fourth-order valence-corrected chi connectivity index (χ4v) is 3.52. The number of piperidine rings is 1. The first-order valence-corrected chi connectivity index (χ1v) is 9.66. The number of nitrogens with zero attached hydrogens (tertiary/aromatic N) is 1. The van der Waals surface area contributed by atoms with Gasteiger partial charge in [0.15, 0.2) is 0 Å². The highest BCUT2D eigenvalue weighted by molar-refractivity contribution is 5.96. The molecule has 6 heteroatoms. The molecule has 1 aromatic carbocycles. The highest BCUT2D eigenvalue weighted by Gasteiger charge is 2.22. The maximum Gasteiger partial charge on any atom is 0.254 e. The van der Waals surface area contributed by atoms with E-state index in [4.69, 9.17) is 0 Å². The van der Waals surface area contributed by atoms with Gasteiger partial charge in [0.05, 0.1) is 0 Å². The van der Waals surface area contributed by atoms with Crippen molar-refractivity contribution in [3.63, 3.8) is 0 Å². The van der Waals surface area contributed by atoms with E-state index in [1.165, 1.54) is 0 Å². The fraction of sp³-hybridized carbons (Fsp3) is 0.455. The lowest BCUT2D eigenvalue weighted by Gasteiger charge is -2.27. The minimum absolute atomic E-state index is 0. The summed E-state index contributed by atoms with van der Waals surface area (Å²) in [6, 6.07) is 7.04. The fourth-order valence-electron chi connectivity index (χ4n) is 3.52. The minimum Gasteiger partial charge on any atom is -0.331 e. The largest absolute Gasteiger partial charge is 0.331 e. The molecular weight excluding hydrogens is 374 g/mol. The number of amides is 2. The predicted molar refractivity (Wildman–Crippen MR) is 118 cm³/mol. The zero-order valence-corrected chi connectivity index (χ0v) is 17.5. The number of hydrogen-bond acceptors (Lipinski definition) is 3. The molecule has 0 aromatic heterocycles. The molecule has 1 heterocycles. The van der Waals surface area contributed by atoms with Crippen LogP contribution in [0.4, 0.5) is 5.69 Å². The van der Waals surface area contributed by atoms with Crippen LogP contribution in [0.25, 0.3) is 0 Å². The number of hydrogen-bond donors (Lipinski definition) is 2. The second-order valence-electron chi connectivity index (χ2n) is 7.18. The average molecular weight is 406 g/mol. The summed E-state index contributed by atoms with van der Waals surface area (Å²) in [6.07, 6.45) is 6.19. The van der Waals surface area contributed by atoms with Crippen LogP contribution in [0, 0.1) is 11.8 Å². The van der Waals surface area contributed by atoms with E-state index in [1.54, 1.807) is 41.3 Å². The Bertz CT molecular complexity index is 644. The Morgan fingerprint density at radius 3 is 2.29 bits per heavy atom. The first kappa shape index (κ1) is 23.9. The molecule has 5 nitrogen and oxygen atoms in total. The number of rotatable bonds is 9. The lowest BCUT2D eigenvalue weighted by atomic mass is 9.84. The number of anilines is 1. The van der Waals surface area contributed by atoms with Gasteiger partial charge in [-0.1, -0.05) is 19.1 Å². The standard InChI is InChI=1S/C22H31N3O2.ClH/c1-4-14-25(15-5-2)22(27)19-6-8-20(9-7-19)24-21(26)16-17(3)18-10-12-23-13-11-18;/h4-9,17-18,23H,1-2,10-16H2,3H3,(H,24,26);1H. The Morgan fingerprint density at radius 2 is 1.75 bits per heavy atom. The van der Waals surface area contributed by atoms with Gasteiger partial charge in [0, 0.05) is 30.8 Å². The van der Waals surface area contributed by atoms with Crippen molar-refractivity contribution in [2.45, 2.75) is 26.2 Å². The third-order valence-electron chi connectivity index (χ3n) is 5.10. The molecule has 1 aromatic rings. The lowest BCUT2D eigenvalue weighted by molar-refractivity contribution is -0.117. The van der Waals surface area contributed by atoms with E-state index in [1.807, 2.05) is 0 Å². The van der Waals surface area contributed by atoms with Gasteiger partial charge in [-0.3, -0.25) is 9.59 Å². The molecule has 2 N–H and O–H groups in total. The van der Waals surface area contributed by atoms with Crippen molar-refractivity contribution in [2.24, 2.45) is 11.8 Å². The number of carbonyl (C=O) groups is 2. The molecule has 0 spiro atoms. The molecule has 0 saturated carbocycles. The molecule has 28 heavy (non-hydrogen) atoms. The van der Waals surface area contributed by atoms with E-state index in [-0.39, 0.29) is 24.2 Å². The van der Waals surface area contributed by atoms with Crippen LogP contribution in [-0.2, 0) is 4.79 Å². The summed E-state index contributed by atoms with van der Waals surface area (Å²) < 4.78 is 0. The van der Waals surface area contributed by atoms with Crippen molar-refractivity contribution in [1.82, 2.24) is 10.2 Å². The molecular formula is C22H32ClN3O2. The van der Waals surface area contributed by atoms with Gasteiger partial charge in [-0.25, -0.2) is 0 Å². The Balaban J connectivity index is 0.00000392. The highest BCUT2D eigenvalue weighted by Crippen LogP contribution is 2.24. The van der Waals surface area contributed by atoms with Crippen molar-refractivity contribution < 1.29 is 9.59 Å². The predicted octanol–water partition coefficient (Wildman–Crippen LogP) is 3.89.